The Balaban J connectivity index is 2.92. The van der Waals surface area contributed by atoms with Crippen molar-refractivity contribution in [3.8, 4) is 0 Å². The highest BCUT2D eigenvalue weighted by Gasteiger charge is 2.46. The number of urea groups is 1. The maximum absolute atomic E-state index is 11.4. The van der Waals surface area contributed by atoms with Gasteiger partial charge in [-0.2, -0.15) is 0 Å². The summed E-state index contributed by atoms with van der Waals surface area (Å²) in [5, 5.41) is 19.5. The van der Waals surface area contributed by atoms with E-state index in [0.29, 0.717) is 0 Å². The maximum Gasteiger partial charge on any atom is 0.320 e. The summed E-state index contributed by atoms with van der Waals surface area (Å²) in [6.45, 7) is 4.50. The van der Waals surface area contributed by atoms with Crippen LogP contribution in [0.15, 0.2) is 12.3 Å². The largest absolute Gasteiger partial charge is 0.391 e. The third-order valence-corrected chi connectivity index (χ3v) is 3.10. The smallest absolute Gasteiger partial charge is 0.320 e. The van der Waals surface area contributed by atoms with Crippen molar-refractivity contribution < 1.29 is 24.5 Å². The molecule has 1 fully saturated rings. The molecule has 19 heavy (non-hydrogen) atoms. The standard InChI is InChI=1S/C12H20N2O5/c1-6(15)4-5-14(12(13)18)11-7(2)9(17)10(19-11)8(3)16/h4-5,7-11,16-17H,1-3H3,(H2,13,18)/b5-4-/t7-,8+,9+,10-,11-/m1/s1. The van der Waals surface area contributed by atoms with Gasteiger partial charge in [0, 0.05) is 12.1 Å². The van der Waals surface area contributed by atoms with E-state index in [9.17, 15) is 19.8 Å². The van der Waals surface area contributed by atoms with Gasteiger partial charge in [-0.3, -0.25) is 9.69 Å². The van der Waals surface area contributed by atoms with Crippen LogP contribution in [0, 0.1) is 5.92 Å². The number of hydrogen-bond donors (Lipinski definition) is 3. The topological polar surface area (TPSA) is 113 Å². The van der Waals surface area contributed by atoms with Crippen LogP contribution in [0.5, 0.6) is 0 Å². The Morgan fingerprint density at radius 1 is 1.47 bits per heavy atom. The summed E-state index contributed by atoms with van der Waals surface area (Å²) in [6.07, 6.45) is -1.01. The maximum atomic E-state index is 11.4. The number of aliphatic hydroxyl groups excluding tert-OH is 2. The van der Waals surface area contributed by atoms with Crippen LogP contribution in [0.25, 0.3) is 0 Å². The lowest BCUT2D eigenvalue weighted by Crippen LogP contribution is -2.43. The molecule has 0 bridgehead atoms. The van der Waals surface area contributed by atoms with E-state index in [1.165, 1.54) is 26.1 Å². The number of aliphatic hydroxyl groups is 2. The number of allylic oxidation sites excluding steroid dienone is 1. The second-order valence-corrected chi connectivity index (χ2v) is 4.75. The molecule has 1 heterocycles. The van der Waals surface area contributed by atoms with E-state index in [-0.39, 0.29) is 5.78 Å². The number of nitrogens with two attached hydrogens (primary N) is 1. The average molecular weight is 272 g/mol. The Morgan fingerprint density at radius 3 is 2.42 bits per heavy atom. The van der Waals surface area contributed by atoms with Crippen LogP contribution < -0.4 is 5.73 Å². The van der Waals surface area contributed by atoms with E-state index in [2.05, 4.69) is 0 Å². The van der Waals surface area contributed by atoms with E-state index in [0.717, 1.165) is 4.90 Å². The highest BCUT2D eigenvalue weighted by Crippen LogP contribution is 2.31. The van der Waals surface area contributed by atoms with Crippen LogP contribution in [0.1, 0.15) is 20.8 Å². The van der Waals surface area contributed by atoms with Crippen LogP contribution in [0.2, 0.25) is 0 Å². The van der Waals surface area contributed by atoms with E-state index >= 15 is 0 Å². The van der Waals surface area contributed by atoms with E-state index in [1.807, 2.05) is 0 Å². The van der Waals surface area contributed by atoms with Crippen molar-refractivity contribution in [3.05, 3.63) is 12.3 Å². The van der Waals surface area contributed by atoms with Crippen molar-refractivity contribution in [2.75, 3.05) is 0 Å². The van der Waals surface area contributed by atoms with Crippen LogP contribution in [0.4, 0.5) is 4.79 Å². The number of ether oxygens (including phenoxy) is 1. The third-order valence-electron chi connectivity index (χ3n) is 3.10. The number of carbonyl (C=O) groups excluding carboxylic acids is 2. The summed E-state index contributed by atoms with van der Waals surface area (Å²) < 4.78 is 5.47. The second-order valence-electron chi connectivity index (χ2n) is 4.75. The zero-order valence-electron chi connectivity index (χ0n) is 11.2. The molecular weight excluding hydrogens is 252 g/mol. The van der Waals surface area contributed by atoms with Crippen LogP contribution in [-0.2, 0) is 9.53 Å². The molecule has 0 spiro atoms. The van der Waals surface area contributed by atoms with Gasteiger partial charge in [-0.25, -0.2) is 4.79 Å². The fourth-order valence-corrected chi connectivity index (χ4v) is 2.02. The molecule has 1 aliphatic rings. The quantitative estimate of drug-likeness (QED) is 0.601. The Hall–Kier alpha value is -1.44. The predicted octanol–water partition coefficient (Wildman–Crippen LogP) is -0.427. The van der Waals surface area contributed by atoms with Crippen molar-refractivity contribution >= 4 is 11.8 Å². The van der Waals surface area contributed by atoms with Gasteiger partial charge in [0.2, 0.25) is 0 Å². The van der Waals surface area contributed by atoms with Gasteiger partial charge in [-0.05, 0) is 19.9 Å². The van der Waals surface area contributed by atoms with Gasteiger partial charge in [-0.1, -0.05) is 6.92 Å². The molecule has 0 saturated carbocycles. The first-order valence-corrected chi connectivity index (χ1v) is 6.03. The molecule has 108 valence electrons. The minimum absolute atomic E-state index is 0.246. The highest BCUT2D eigenvalue weighted by atomic mass is 16.5. The summed E-state index contributed by atoms with van der Waals surface area (Å²) in [5.41, 5.74) is 5.23. The Kier molecular flexibility index (Phi) is 5.04. The molecule has 4 N–H and O–H groups in total. The molecule has 0 aliphatic carbocycles. The van der Waals surface area contributed by atoms with Gasteiger partial charge in [0.1, 0.15) is 12.3 Å². The minimum Gasteiger partial charge on any atom is -0.391 e. The normalized spacial score (nSPS) is 32.5. The monoisotopic (exact) mass is 272 g/mol. The van der Waals surface area contributed by atoms with Gasteiger partial charge < -0.3 is 20.7 Å². The lowest BCUT2D eigenvalue weighted by Gasteiger charge is -2.26. The molecule has 0 aromatic rings. The number of primary amides is 1. The average Bonchev–Trinajstić information content (AvgIpc) is 2.57. The fraction of sp³-hybridized carbons (Fsp3) is 0.667. The number of carbonyl (C=O) groups is 2. The van der Waals surface area contributed by atoms with Crippen molar-refractivity contribution in [1.29, 1.82) is 0 Å². The first kappa shape index (κ1) is 15.6. The summed E-state index contributed by atoms with van der Waals surface area (Å²) in [4.78, 5) is 23.3. The molecule has 1 saturated heterocycles. The molecule has 0 radical (unpaired) electrons. The zero-order chi connectivity index (χ0) is 14.7. The lowest BCUT2D eigenvalue weighted by molar-refractivity contribution is -0.112. The summed E-state index contributed by atoms with van der Waals surface area (Å²) >= 11 is 0. The molecule has 7 nitrogen and oxygen atoms in total. The van der Waals surface area contributed by atoms with Crippen molar-refractivity contribution in [1.82, 2.24) is 4.90 Å². The number of ketones is 1. The van der Waals surface area contributed by atoms with Crippen molar-refractivity contribution in [3.63, 3.8) is 0 Å². The summed E-state index contributed by atoms with van der Waals surface area (Å²) in [5.74, 6) is -0.687. The first-order valence-electron chi connectivity index (χ1n) is 6.03. The SMILES string of the molecule is CC(=O)/C=C\N(C(N)=O)[C@@H]1O[C@H]([C@H](C)O)[C@@H](O)[C@H]1C. The summed E-state index contributed by atoms with van der Waals surface area (Å²) in [7, 11) is 0. The van der Waals surface area contributed by atoms with Gasteiger partial charge in [-0.15, -0.1) is 0 Å². The molecule has 0 aromatic heterocycles. The van der Waals surface area contributed by atoms with E-state index < -0.39 is 36.5 Å². The summed E-state index contributed by atoms with van der Waals surface area (Å²) in [6, 6.07) is -0.798. The Labute approximate surface area is 111 Å². The van der Waals surface area contributed by atoms with Crippen molar-refractivity contribution in [2.24, 2.45) is 11.7 Å². The first-order chi connectivity index (χ1) is 8.75. The molecule has 0 aromatic carbocycles. The fourth-order valence-electron chi connectivity index (χ4n) is 2.02. The van der Waals surface area contributed by atoms with Gasteiger partial charge in [0.05, 0.1) is 12.2 Å². The van der Waals surface area contributed by atoms with E-state index in [1.54, 1.807) is 6.92 Å². The van der Waals surface area contributed by atoms with E-state index in [4.69, 9.17) is 10.5 Å². The molecule has 2 amide bonds. The Bertz CT molecular complexity index is 382. The van der Waals surface area contributed by atoms with Crippen molar-refractivity contribution in [2.45, 2.75) is 45.3 Å². The predicted molar refractivity (Wildman–Crippen MR) is 66.8 cm³/mol. The number of amides is 2. The van der Waals surface area contributed by atoms with Crippen LogP contribution in [-0.4, -0.2) is 51.5 Å². The Morgan fingerprint density at radius 2 is 2.05 bits per heavy atom. The van der Waals surface area contributed by atoms with Crippen LogP contribution >= 0.6 is 0 Å². The molecule has 1 rings (SSSR count). The number of rotatable bonds is 4. The third kappa shape index (κ3) is 3.52. The zero-order valence-corrected chi connectivity index (χ0v) is 11.2. The van der Waals surface area contributed by atoms with Gasteiger partial charge in [0.15, 0.2) is 5.78 Å². The highest BCUT2D eigenvalue weighted by molar-refractivity contribution is 5.87. The number of nitrogens with zero attached hydrogens (tertiary/aromatic N) is 1. The lowest BCUT2D eigenvalue weighted by atomic mass is 9.99. The number of hydrogen-bond acceptors (Lipinski definition) is 5. The molecule has 1 aliphatic heterocycles. The second kappa shape index (κ2) is 6.14. The minimum atomic E-state index is -0.919. The van der Waals surface area contributed by atoms with Gasteiger partial charge >= 0.3 is 6.03 Å². The van der Waals surface area contributed by atoms with Gasteiger partial charge in [0.25, 0.3) is 0 Å². The van der Waals surface area contributed by atoms with Crippen LogP contribution in [0.3, 0.4) is 0 Å². The molecular formula is C12H20N2O5. The molecule has 7 heteroatoms. The molecule has 0 unspecified atom stereocenters. The molecule has 5 atom stereocenters.